The largest absolute Gasteiger partial charge is 0.494 e. The van der Waals surface area contributed by atoms with Gasteiger partial charge in [-0.15, -0.1) is 0 Å². The second-order valence-corrected chi connectivity index (χ2v) is 15.7. The van der Waals surface area contributed by atoms with Crippen LogP contribution in [0.15, 0.2) is 60.7 Å². The number of hydrogen-bond acceptors (Lipinski definition) is 2. The molecule has 0 radical (unpaired) electrons. The molecular formula is C46H60I2O2. The smallest absolute Gasteiger partial charge is 0.119 e. The van der Waals surface area contributed by atoms with Crippen molar-refractivity contribution in [3.63, 3.8) is 0 Å². The van der Waals surface area contributed by atoms with E-state index in [4.69, 9.17) is 9.47 Å². The Kier molecular flexibility index (Phi) is 23.2. The molecule has 0 aliphatic rings. The van der Waals surface area contributed by atoms with Gasteiger partial charge in [-0.2, -0.15) is 0 Å². The molecule has 0 atom stereocenters. The van der Waals surface area contributed by atoms with Gasteiger partial charge in [-0.25, -0.2) is 0 Å². The van der Waals surface area contributed by atoms with Crippen LogP contribution in [0, 0.1) is 30.8 Å². The zero-order valence-electron chi connectivity index (χ0n) is 30.9. The summed E-state index contributed by atoms with van der Waals surface area (Å²) in [5.74, 6) is 15.2. The summed E-state index contributed by atoms with van der Waals surface area (Å²) >= 11 is 4.73. The van der Waals surface area contributed by atoms with Gasteiger partial charge in [0.25, 0.3) is 0 Å². The van der Waals surface area contributed by atoms with Crippen molar-refractivity contribution in [3.05, 3.63) is 90.1 Å². The molecule has 0 fully saturated rings. The highest BCUT2D eigenvalue weighted by atomic mass is 127. The fraction of sp³-hybridized carbons (Fsp3) is 0.522. The summed E-state index contributed by atoms with van der Waals surface area (Å²) in [6, 6.07) is 20.6. The van der Waals surface area contributed by atoms with E-state index in [-0.39, 0.29) is 0 Å². The van der Waals surface area contributed by atoms with E-state index < -0.39 is 0 Å². The van der Waals surface area contributed by atoms with Crippen LogP contribution >= 0.6 is 45.2 Å². The maximum Gasteiger partial charge on any atom is 0.119 e. The first kappa shape index (κ1) is 42.3. The molecule has 0 amide bonds. The molecular weight excluding hydrogens is 838 g/mol. The minimum Gasteiger partial charge on any atom is -0.494 e. The Labute approximate surface area is 333 Å². The lowest BCUT2D eigenvalue weighted by Crippen LogP contribution is -1.97. The van der Waals surface area contributed by atoms with Gasteiger partial charge in [-0.05, 0) is 119 Å². The molecule has 0 N–H and O–H groups in total. The lowest BCUT2D eigenvalue weighted by Gasteiger charge is -2.06. The van der Waals surface area contributed by atoms with Crippen molar-refractivity contribution in [1.29, 1.82) is 0 Å². The zero-order chi connectivity index (χ0) is 35.5. The van der Waals surface area contributed by atoms with E-state index in [2.05, 4.69) is 94.8 Å². The third-order valence-corrected chi connectivity index (χ3v) is 10.8. The third kappa shape index (κ3) is 18.9. The van der Waals surface area contributed by atoms with Gasteiger partial charge in [0, 0.05) is 29.4 Å². The Morgan fingerprint density at radius 3 is 1.02 bits per heavy atom. The summed E-state index contributed by atoms with van der Waals surface area (Å²) in [5.41, 5.74) is 4.01. The van der Waals surface area contributed by atoms with Crippen LogP contribution in [0.1, 0.15) is 165 Å². The average molecular weight is 899 g/mol. The lowest BCUT2D eigenvalue weighted by molar-refractivity contribution is 0.304. The summed E-state index contributed by atoms with van der Waals surface area (Å²) in [6.07, 6.45) is 26.7. The second-order valence-electron chi connectivity index (χ2n) is 13.4. The standard InChI is InChI=1S/C46H60I2O2/c1-3-5-7-9-11-13-15-17-19-21-35-49-43-31-25-39(26-32-43)23-29-41-37-46(48)42(38-45(41)47)30-24-40-27-33-44(34-28-40)50-36-22-20-18-16-14-12-10-8-6-4-2/h25-28,31-34,37-38H,3-22,35-36H2,1-2H3. The van der Waals surface area contributed by atoms with Gasteiger partial charge in [0.05, 0.1) is 13.2 Å². The molecule has 0 saturated carbocycles. The predicted octanol–water partition coefficient (Wildman–Crippen LogP) is 14.3. The van der Waals surface area contributed by atoms with Gasteiger partial charge in [0.2, 0.25) is 0 Å². The zero-order valence-corrected chi connectivity index (χ0v) is 35.2. The first-order chi connectivity index (χ1) is 24.6. The molecule has 50 heavy (non-hydrogen) atoms. The highest BCUT2D eigenvalue weighted by Gasteiger charge is 2.04. The van der Waals surface area contributed by atoms with E-state index in [1.54, 1.807) is 0 Å². The first-order valence-electron chi connectivity index (χ1n) is 19.6. The predicted molar refractivity (Wildman–Crippen MR) is 231 cm³/mol. The molecule has 0 heterocycles. The molecule has 0 bridgehead atoms. The van der Waals surface area contributed by atoms with Crippen molar-refractivity contribution in [2.24, 2.45) is 0 Å². The van der Waals surface area contributed by atoms with E-state index in [1.165, 1.54) is 116 Å². The normalized spacial score (nSPS) is 10.6. The fourth-order valence-corrected chi connectivity index (χ4v) is 7.05. The maximum absolute atomic E-state index is 5.98. The topological polar surface area (TPSA) is 18.5 Å². The van der Waals surface area contributed by atoms with E-state index in [9.17, 15) is 0 Å². The monoisotopic (exact) mass is 898 g/mol. The molecule has 0 unspecified atom stereocenters. The van der Waals surface area contributed by atoms with Gasteiger partial charge in [-0.1, -0.05) is 153 Å². The lowest BCUT2D eigenvalue weighted by atomic mass is 10.1. The highest BCUT2D eigenvalue weighted by Crippen LogP contribution is 2.21. The van der Waals surface area contributed by atoms with Gasteiger partial charge >= 0.3 is 0 Å². The number of ether oxygens (including phenoxy) is 2. The van der Waals surface area contributed by atoms with Crippen LogP contribution in [0.4, 0.5) is 0 Å². The van der Waals surface area contributed by atoms with Crippen molar-refractivity contribution in [1.82, 2.24) is 0 Å². The van der Waals surface area contributed by atoms with Crippen LogP contribution in [0.2, 0.25) is 0 Å². The van der Waals surface area contributed by atoms with Crippen LogP contribution in [0.25, 0.3) is 0 Å². The Morgan fingerprint density at radius 1 is 0.400 bits per heavy atom. The molecule has 0 aliphatic heterocycles. The Morgan fingerprint density at radius 2 is 0.700 bits per heavy atom. The Bertz CT molecular complexity index is 1340. The van der Waals surface area contributed by atoms with Crippen molar-refractivity contribution in [3.8, 4) is 35.2 Å². The maximum atomic E-state index is 5.98. The second kappa shape index (κ2) is 27.5. The quantitative estimate of drug-likeness (QED) is 0.0507. The fourth-order valence-electron chi connectivity index (χ4n) is 5.85. The van der Waals surface area contributed by atoms with Gasteiger partial charge in [0.15, 0.2) is 0 Å². The van der Waals surface area contributed by atoms with E-state index in [0.29, 0.717) is 0 Å². The van der Waals surface area contributed by atoms with Gasteiger partial charge in [0.1, 0.15) is 11.5 Å². The molecule has 0 aliphatic carbocycles. The van der Waals surface area contributed by atoms with E-state index in [0.717, 1.165) is 66.9 Å². The summed E-state index contributed by atoms with van der Waals surface area (Å²) < 4.78 is 14.2. The molecule has 3 rings (SSSR count). The SMILES string of the molecule is CCCCCCCCCCCCOc1ccc(C#Cc2cc(I)c(C#Cc3ccc(OCCCCCCCCCCCC)cc3)cc2I)cc1. The number of benzene rings is 3. The summed E-state index contributed by atoms with van der Waals surface area (Å²) in [4.78, 5) is 0. The molecule has 0 aromatic heterocycles. The van der Waals surface area contributed by atoms with Crippen LogP contribution in [-0.4, -0.2) is 13.2 Å². The number of halogens is 2. The molecule has 4 heteroatoms. The first-order valence-corrected chi connectivity index (χ1v) is 21.7. The van der Waals surface area contributed by atoms with Crippen molar-refractivity contribution in [2.75, 3.05) is 13.2 Å². The van der Waals surface area contributed by atoms with Gasteiger partial charge in [-0.3, -0.25) is 0 Å². The van der Waals surface area contributed by atoms with Crippen molar-refractivity contribution >= 4 is 45.2 Å². The highest BCUT2D eigenvalue weighted by molar-refractivity contribution is 14.1. The summed E-state index contributed by atoms with van der Waals surface area (Å²) in [5, 5.41) is 0. The van der Waals surface area contributed by atoms with Crippen LogP contribution < -0.4 is 9.47 Å². The number of unbranched alkanes of at least 4 members (excludes halogenated alkanes) is 18. The number of hydrogen-bond donors (Lipinski definition) is 0. The summed E-state index contributed by atoms with van der Waals surface area (Å²) in [7, 11) is 0. The van der Waals surface area contributed by atoms with Gasteiger partial charge < -0.3 is 9.47 Å². The molecule has 2 nitrogen and oxygen atoms in total. The minimum absolute atomic E-state index is 0.784. The molecule has 0 saturated heterocycles. The van der Waals surface area contributed by atoms with Crippen molar-refractivity contribution < 1.29 is 9.47 Å². The average Bonchev–Trinajstić information content (AvgIpc) is 3.13. The van der Waals surface area contributed by atoms with E-state index in [1.807, 2.05) is 48.5 Å². The Hall–Kier alpha value is -2.16. The molecule has 3 aromatic carbocycles. The van der Waals surface area contributed by atoms with Crippen LogP contribution in [0.5, 0.6) is 11.5 Å². The number of rotatable bonds is 24. The van der Waals surface area contributed by atoms with Crippen LogP contribution in [-0.2, 0) is 0 Å². The summed E-state index contributed by atoms with van der Waals surface area (Å²) in [6.45, 7) is 6.12. The Balaban J connectivity index is 1.35. The van der Waals surface area contributed by atoms with E-state index >= 15 is 0 Å². The molecule has 0 spiro atoms. The third-order valence-electron chi connectivity index (χ3n) is 8.98. The molecule has 3 aromatic rings. The minimum atomic E-state index is 0.784. The van der Waals surface area contributed by atoms with Crippen molar-refractivity contribution in [2.45, 2.75) is 142 Å². The van der Waals surface area contributed by atoms with Crippen LogP contribution in [0.3, 0.4) is 0 Å². The molecule has 270 valence electrons.